The summed E-state index contributed by atoms with van der Waals surface area (Å²) in [6.07, 6.45) is 0.528. The van der Waals surface area contributed by atoms with Gasteiger partial charge in [-0.05, 0) is 20.3 Å². The molecule has 0 fully saturated rings. The lowest BCUT2D eigenvalue weighted by atomic mass is 10.1. The third-order valence-corrected chi connectivity index (χ3v) is 2.47. The zero-order chi connectivity index (χ0) is 11.7. The molecule has 4 nitrogen and oxygen atoms in total. The van der Waals surface area contributed by atoms with Crippen LogP contribution in [0.4, 0.5) is 0 Å². The van der Waals surface area contributed by atoms with E-state index >= 15 is 0 Å². The van der Waals surface area contributed by atoms with E-state index in [9.17, 15) is 5.11 Å². The van der Waals surface area contributed by atoms with Crippen LogP contribution in [0.3, 0.4) is 0 Å². The molecule has 0 spiro atoms. The zero-order valence-electron chi connectivity index (χ0n) is 10.4. The minimum atomic E-state index is -0.257. The molecule has 0 aromatic carbocycles. The minimum Gasteiger partial charge on any atom is -0.393 e. The maximum Gasteiger partial charge on any atom is 0.0589 e. The van der Waals surface area contributed by atoms with Crippen LogP contribution in [0.1, 0.15) is 20.3 Å². The number of ether oxygens (including phenoxy) is 2. The van der Waals surface area contributed by atoms with E-state index in [2.05, 4.69) is 11.8 Å². The Morgan fingerprint density at radius 3 is 1.87 bits per heavy atom. The molecule has 0 aliphatic heterocycles. The van der Waals surface area contributed by atoms with E-state index in [1.54, 1.807) is 14.2 Å². The van der Waals surface area contributed by atoms with Gasteiger partial charge in [-0.1, -0.05) is 0 Å². The van der Waals surface area contributed by atoms with Crippen molar-refractivity contribution in [2.24, 2.45) is 0 Å². The Morgan fingerprint density at radius 2 is 1.53 bits per heavy atom. The lowest BCUT2D eigenvalue weighted by Crippen LogP contribution is -2.39. The predicted molar refractivity (Wildman–Crippen MR) is 61.1 cm³/mol. The summed E-state index contributed by atoms with van der Waals surface area (Å²) in [4.78, 5) is 2.28. The van der Waals surface area contributed by atoms with Gasteiger partial charge in [0, 0.05) is 33.4 Å². The second-order valence-corrected chi connectivity index (χ2v) is 3.96. The maximum absolute atomic E-state index is 9.33. The Morgan fingerprint density at radius 1 is 1.07 bits per heavy atom. The fraction of sp³-hybridized carbons (Fsp3) is 1.00. The summed E-state index contributed by atoms with van der Waals surface area (Å²) >= 11 is 0. The third-order valence-electron chi connectivity index (χ3n) is 2.47. The van der Waals surface area contributed by atoms with Crippen LogP contribution in [0.2, 0.25) is 0 Å². The molecule has 0 rings (SSSR count). The van der Waals surface area contributed by atoms with Gasteiger partial charge in [0.15, 0.2) is 0 Å². The fourth-order valence-corrected chi connectivity index (χ4v) is 1.61. The van der Waals surface area contributed by atoms with Crippen molar-refractivity contribution in [1.82, 2.24) is 4.90 Å². The van der Waals surface area contributed by atoms with Gasteiger partial charge >= 0.3 is 0 Å². The van der Waals surface area contributed by atoms with Gasteiger partial charge in [-0.15, -0.1) is 0 Å². The third kappa shape index (κ3) is 7.73. The molecule has 0 aliphatic carbocycles. The second-order valence-electron chi connectivity index (χ2n) is 3.96. The van der Waals surface area contributed by atoms with E-state index in [-0.39, 0.29) is 6.10 Å². The molecule has 4 heteroatoms. The second kappa shape index (κ2) is 9.09. The van der Waals surface area contributed by atoms with Crippen molar-refractivity contribution in [3.8, 4) is 0 Å². The summed E-state index contributed by atoms with van der Waals surface area (Å²) in [6, 6.07) is 0.357. The number of aliphatic hydroxyl groups is 1. The number of hydrogen-bond donors (Lipinski definition) is 1. The van der Waals surface area contributed by atoms with Crippen LogP contribution in [-0.2, 0) is 9.47 Å². The molecule has 0 saturated carbocycles. The lowest BCUT2D eigenvalue weighted by Gasteiger charge is -2.29. The maximum atomic E-state index is 9.33. The van der Waals surface area contributed by atoms with Gasteiger partial charge in [-0.2, -0.15) is 0 Å². The topological polar surface area (TPSA) is 41.9 Å². The van der Waals surface area contributed by atoms with Crippen molar-refractivity contribution in [2.45, 2.75) is 32.4 Å². The average Bonchev–Trinajstić information content (AvgIpc) is 2.17. The number of rotatable bonds is 9. The van der Waals surface area contributed by atoms with Crippen LogP contribution in [0.5, 0.6) is 0 Å². The molecule has 92 valence electrons. The summed E-state index contributed by atoms with van der Waals surface area (Å²) in [7, 11) is 3.40. The van der Waals surface area contributed by atoms with E-state index in [1.807, 2.05) is 6.92 Å². The molecule has 0 aliphatic rings. The Balaban J connectivity index is 3.95. The van der Waals surface area contributed by atoms with Gasteiger partial charge in [0.25, 0.3) is 0 Å². The first kappa shape index (κ1) is 14.8. The van der Waals surface area contributed by atoms with E-state index in [0.29, 0.717) is 19.3 Å². The van der Waals surface area contributed by atoms with Crippen molar-refractivity contribution in [1.29, 1.82) is 0 Å². The fourth-order valence-electron chi connectivity index (χ4n) is 1.61. The molecule has 0 saturated heterocycles. The van der Waals surface area contributed by atoms with E-state index in [4.69, 9.17) is 9.47 Å². The molecule has 0 bridgehead atoms. The summed E-state index contributed by atoms with van der Waals surface area (Å²) in [5, 5.41) is 9.33. The summed E-state index contributed by atoms with van der Waals surface area (Å²) in [6.45, 7) is 7.14. The summed E-state index contributed by atoms with van der Waals surface area (Å²) in [5.74, 6) is 0. The van der Waals surface area contributed by atoms with Crippen LogP contribution in [0, 0.1) is 0 Å². The largest absolute Gasteiger partial charge is 0.393 e. The molecule has 1 N–H and O–H groups in total. The zero-order valence-corrected chi connectivity index (χ0v) is 10.4. The molecule has 0 aromatic heterocycles. The van der Waals surface area contributed by atoms with Crippen LogP contribution >= 0.6 is 0 Å². The van der Waals surface area contributed by atoms with Gasteiger partial charge in [0.05, 0.1) is 19.3 Å². The number of nitrogens with zero attached hydrogens (tertiary/aromatic N) is 1. The van der Waals surface area contributed by atoms with E-state index in [0.717, 1.165) is 19.5 Å². The molecule has 2 unspecified atom stereocenters. The Labute approximate surface area is 93.2 Å². The SMILES string of the molecule is COCCN(CCOC)C(C)CC(C)O. The van der Waals surface area contributed by atoms with Gasteiger partial charge in [0.2, 0.25) is 0 Å². The molecule has 0 radical (unpaired) electrons. The highest BCUT2D eigenvalue weighted by Crippen LogP contribution is 2.06. The summed E-state index contributed by atoms with van der Waals surface area (Å²) < 4.78 is 10.1. The van der Waals surface area contributed by atoms with Crippen molar-refractivity contribution in [3.05, 3.63) is 0 Å². The standard InChI is InChI=1S/C11H25NO3/c1-10(9-11(2)13)12(5-7-14-3)6-8-15-4/h10-11,13H,5-9H2,1-4H3. The van der Waals surface area contributed by atoms with Crippen molar-refractivity contribution < 1.29 is 14.6 Å². The quantitative estimate of drug-likeness (QED) is 0.621. The Bertz CT molecular complexity index is 134. The molecule has 0 aromatic rings. The van der Waals surface area contributed by atoms with Gasteiger partial charge in [-0.25, -0.2) is 0 Å². The minimum absolute atomic E-state index is 0.257. The molecular formula is C11H25NO3. The van der Waals surface area contributed by atoms with Crippen molar-refractivity contribution >= 4 is 0 Å². The van der Waals surface area contributed by atoms with Crippen molar-refractivity contribution in [2.75, 3.05) is 40.5 Å². The highest BCUT2D eigenvalue weighted by atomic mass is 16.5. The van der Waals surface area contributed by atoms with Crippen molar-refractivity contribution in [3.63, 3.8) is 0 Å². The van der Waals surface area contributed by atoms with Crippen LogP contribution < -0.4 is 0 Å². The Kier molecular flexibility index (Phi) is 9.00. The van der Waals surface area contributed by atoms with Gasteiger partial charge < -0.3 is 14.6 Å². The van der Waals surface area contributed by atoms with Gasteiger partial charge in [0.1, 0.15) is 0 Å². The first-order chi connectivity index (χ1) is 7.11. The monoisotopic (exact) mass is 219 g/mol. The molecule has 15 heavy (non-hydrogen) atoms. The lowest BCUT2D eigenvalue weighted by molar-refractivity contribution is 0.0694. The number of hydrogen-bond acceptors (Lipinski definition) is 4. The average molecular weight is 219 g/mol. The van der Waals surface area contributed by atoms with Crippen LogP contribution in [-0.4, -0.2) is 62.7 Å². The summed E-state index contributed by atoms with van der Waals surface area (Å²) in [5.41, 5.74) is 0. The highest BCUT2D eigenvalue weighted by Gasteiger charge is 2.14. The predicted octanol–water partition coefficient (Wildman–Crippen LogP) is 0.741. The van der Waals surface area contributed by atoms with Crippen LogP contribution in [0.15, 0.2) is 0 Å². The van der Waals surface area contributed by atoms with E-state index < -0.39 is 0 Å². The smallest absolute Gasteiger partial charge is 0.0589 e. The highest BCUT2D eigenvalue weighted by molar-refractivity contribution is 4.69. The molecular weight excluding hydrogens is 194 g/mol. The van der Waals surface area contributed by atoms with Crippen LogP contribution in [0.25, 0.3) is 0 Å². The molecule has 2 atom stereocenters. The Hall–Kier alpha value is -0.160. The molecule has 0 amide bonds. The normalized spacial score (nSPS) is 15.6. The van der Waals surface area contributed by atoms with E-state index in [1.165, 1.54) is 0 Å². The first-order valence-corrected chi connectivity index (χ1v) is 5.51. The number of methoxy groups -OCH3 is 2. The first-order valence-electron chi connectivity index (χ1n) is 5.51. The molecule has 0 heterocycles. The number of aliphatic hydroxyl groups excluding tert-OH is 1. The van der Waals surface area contributed by atoms with Gasteiger partial charge in [-0.3, -0.25) is 4.90 Å².